The molecule has 0 bridgehead atoms. The van der Waals surface area contributed by atoms with Gasteiger partial charge in [0.1, 0.15) is 11.8 Å². The molecule has 1 atom stereocenters. The van der Waals surface area contributed by atoms with Crippen molar-refractivity contribution in [1.29, 1.82) is 5.41 Å². The Morgan fingerprint density at radius 2 is 1.79 bits per heavy atom. The molecule has 0 unspecified atom stereocenters. The van der Waals surface area contributed by atoms with Gasteiger partial charge in [-0.2, -0.15) is 4.72 Å². The topological polar surface area (TPSA) is 207 Å². The first-order chi connectivity index (χ1) is 15.6. The third-order valence-corrected chi connectivity index (χ3v) is 5.65. The number of nitrogens with two attached hydrogens (primary N) is 1. The fourth-order valence-electron chi connectivity index (χ4n) is 2.59. The summed E-state index contributed by atoms with van der Waals surface area (Å²) in [5.41, 5.74) is 7.52. The molecule has 13 nitrogen and oxygen atoms in total. The minimum atomic E-state index is -4.22. The average molecular weight is 481 g/mol. The van der Waals surface area contributed by atoms with Gasteiger partial charge in [-0.05, 0) is 36.2 Å². The molecule has 6 N–H and O–H groups in total. The first-order valence-corrected chi connectivity index (χ1v) is 11.0. The van der Waals surface area contributed by atoms with Gasteiger partial charge in [-0.1, -0.05) is 12.1 Å². The van der Waals surface area contributed by atoms with Crippen LogP contribution in [0.15, 0.2) is 53.4 Å². The minimum absolute atomic E-state index is 0.133. The average Bonchev–Trinajstić information content (AvgIpc) is 2.76. The highest BCUT2D eigenvalue weighted by Gasteiger charge is 2.26. The quantitative estimate of drug-likeness (QED) is 0.0891. The van der Waals surface area contributed by atoms with Crippen LogP contribution >= 0.6 is 0 Å². The zero-order valence-electron chi connectivity index (χ0n) is 17.3. The molecule has 0 radical (unpaired) electrons. The lowest BCUT2D eigenvalue weighted by Gasteiger charge is -2.15. The minimum Gasteiger partial charge on any atom is -0.494 e. The summed E-state index contributed by atoms with van der Waals surface area (Å²) < 4.78 is 32.6. The van der Waals surface area contributed by atoms with Gasteiger partial charge >= 0.3 is 5.97 Å². The molecule has 0 aliphatic heterocycles. The summed E-state index contributed by atoms with van der Waals surface area (Å²) in [6.45, 7) is 0.596. The van der Waals surface area contributed by atoms with Crippen LogP contribution < -0.4 is 20.7 Å². The molecule has 0 aliphatic rings. The number of carbonyl (C=O) groups is 1. The van der Waals surface area contributed by atoms with Gasteiger partial charge in [-0.15, -0.1) is 0 Å². The highest BCUT2D eigenvalue weighted by Crippen LogP contribution is 2.18. The van der Waals surface area contributed by atoms with Crippen molar-refractivity contribution in [3.05, 3.63) is 64.2 Å². The van der Waals surface area contributed by atoms with Crippen LogP contribution in [0.5, 0.6) is 5.75 Å². The Balaban J connectivity index is 1.94. The maximum atomic E-state index is 12.5. The normalized spacial score (nSPS) is 12.0. The van der Waals surface area contributed by atoms with Crippen molar-refractivity contribution >= 4 is 27.6 Å². The van der Waals surface area contributed by atoms with Crippen molar-refractivity contribution in [2.24, 2.45) is 5.73 Å². The van der Waals surface area contributed by atoms with E-state index in [0.717, 1.165) is 24.3 Å². The van der Waals surface area contributed by atoms with Crippen LogP contribution in [0, 0.1) is 15.5 Å². The SMILES string of the molecule is N=C(N)NOCCCOc1ccc(C[C@H](NS(=O)(=O)c2ccc([N+](=O)[O-])cc2)C(=O)O)cc1. The van der Waals surface area contributed by atoms with E-state index in [1.54, 1.807) is 24.3 Å². The number of nitrogens with one attached hydrogen (secondary N) is 3. The van der Waals surface area contributed by atoms with Gasteiger partial charge in [-0.3, -0.25) is 25.2 Å². The number of carboxylic acids is 1. The van der Waals surface area contributed by atoms with Crippen molar-refractivity contribution < 1.29 is 32.8 Å². The van der Waals surface area contributed by atoms with Crippen LogP contribution in [-0.2, 0) is 26.1 Å². The summed E-state index contributed by atoms with van der Waals surface area (Å²) in [6.07, 6.45) is 0.389. The van der Waals surface area contributed by atoms with Gasteiger partial charge in [-0.25, -0.2) is 13.9 Å². The van der Waals surface area contributed by atoms with Crippen molar-refractivity contribution in [3.8, 4) is 5.75 Å². The number of hydrogen-bond donors (Lipinski definition) is 5. The number of nitro groups is 1. The smallest absolute Gasteiger partial charge is 0.322 e. The van der Waals surface area contributed by atoms with Crippen molar-refractivity contribution in [1.82, 2.24) is 10.2 Å². The number of sulfonamides is 1. The van der Waals surface area contributed by atoms with E-state index in [2.05, 4.69) is 10.2 Å². The molecular formula is C19H23N5O8S. The number of guanidine groups is 1. The Hall–Kier alpha value is -3.75. The predicted octanol–water partition coefficient (Wildman–Crippen LogP) is 0.753. The Morgan fingerprint density at radius 3 is 2.33 bits per heavy atom. The van der Waals surface area contributed by atoms with Crippen LogP contribution in [0.1, 0.15) is 12.0 Å². The Bertz CT molecular complexity index is 1070. The number of nitro benzene ring substituents is 1. The second-order valence-electron chi connectivity index (χ2n) is 6.68. The van der Waals surface area contributed by atoms with Gasteiger partial charge in [0.2, 0.25) is 16.0 Å². The molecule has 0 fully saturated rings. The summed E-state index contributed by atoms with van der Waals surface area (Å²) in [7, 11) is -4.22. The third-order valence-electron chi connectivity index (χ3n) is 4.16. The van der Waals surface area contributed by atoms with Gasteiger partial charge < -0.3 is 15.6 Å². The number of ether oxygens (including phenoxy) is 1. The molecule has 0 aromatic heterocycles. The number of aliphatic carboxylic acids is 1. The summed E-state index contributed by atoms with van der Waals surface area (Å²) in [4.78, 5) is 26.3. The highest BCUT2D eigenvalue weighted by atomic mass is 32.2. The van der Waals surface area contributed by atoms with E-state index < -0.39 is 27.0 Å². The van der Waals surface area contributed by atoms with E-state index in [0.29, 0.717) is 24.3 Å². The lowest BCUT2D eigenvalue weighted by atomic mass is 10.1. The summed E-state index contributed by atoms with van der Waals surface area (Å²) in [6, 6.07) is 9.12. The molecule has 0 aliphatic carbocycles. The zero-order chi connectivity index (χ0) is 24.4. The molecular weight excluding hydrogens is 458 g/mol. The zero-order valence-corrected chi connectivity index (χ0v) is 18.1. The molecule has 0 saturated carbocycles. The van der Waals surface area contributed by atoms with Crippen molar-refractivity contribution in [2.45, 2.75) is 23.8 Å². The predicted molar refractivity (Wildman–Crippen MR) is 116 cm³/mol. The largest absolute Gasteiger partial charge is 0.494 e. The molecule has 0 saturated heterocycles. The molecule has 14 heteroatoms. The fraction of sp³-hybridized carbons (Fsp3) is 0.263. The molecule has 2 aromatic carbocycles. The van der Waals surface area contributed by atoms with E-state index in [1.165, 1.54) is 0 Å². The summed E-state index contributed by atoms with van der Waals surface area (Å²) in [5, 5.41) is 27.1. The Morgan fingerprint density at radius 1 is 1.15 bits per heavy atom. The van der Waals surface area contributed by atoms with E-state index in [4.69, 9.17) is 20.7 Å². The van der Waals surface area contributed by atoms with E-state index in [9.17, 15) is 28.4 Å². The molecule has 178 valence electrons. The fourth-order valence-corrected chi connectivity index (χ4v) is 3.78. The maximum absolute atomic E-state index is 12.5. The molecule has 2 rings (SSSR count). The molecule has 2 aromatic rings. The Labute approximate surface area is 189 Å². The van der Waals surface area contributed by atoms with E-state index in [1.807, 2.05) is 0 Å². The number of non-ortho nitro benzene ring substituents is 1. The second-order valence-corrected chi connectivity index (χ2v) is 8.39. The third kappa shape index (κ3) is 8.36. The first kappa shape index (κ1) is 25.5. The standard InChI is InChI=1S/C19H23N5O8S/c20-19(21)22-32-11-1-10-31-15-6-2-13(3-7-15)12-17(18(25)26)23-33(29,30)16-8-4-14(5-9-16)24(27)28/h2-9,17,23H,1,10-12H2,(H,25,26)(H4,20,21,22)/t17-/m0/s1. The van der Waals surface area contributed by atoms with Crippen LogP contribution in [-0.4, -0.2) is 49.6 Å². The Kier molecular flexibility index (Phi) is 9.08. The van der Waals surface area contributed by atoms with Crippen LogP contribution in [0.25, 0.3) is 0 Å². The number of benzene rings is 2. The molecule has 33 heavy (non-hydrogen) atoms. The van der Waals surface area contributed by atoms with Crippen LogP contribution in [0.3, 0.4) is 0 Å². The van der Waals surface area contributed by atoms with Crippen molar-refractivity contribution in [2.75, 3.05) is 13.2 Å². The number of hydroxylamine groups is 1. The van der Waals surface area contributed by atoms with Gasteiger partial charge in [0.15, 0.2) is 0 Å². The first-order valence-electron chi connectivity index (χ1n) is 9.51. The number of rotatable bonds is 13. The van der Waals surface area contributed by atoms with Crippen molar-refractivity contribution in [3.63, 3.8) is 0 Å². The summed E-state index contributed by atoms with van der Waals surface area (Å²) in [5.74, 6) is -1.15. The van der Waals surface area contributed by atoms with Crippen LogP contribution in [0.4, 0.5) is 5.69 Å². The molecule has 0 spiro atoms. The summed E-state index contributed by atoms with van der Waals surface area (Å²) >= 11 is 0. The lowest BCUT2D eigenvalue weighted by Crippen LogP contribution is -2.42. The number of hydrogen-bond acceptors (Lipinski definition) is 8. The van der Waals surface area contributed by atoms with E-state index in [-0.39, 0.29) is 29.6 Å². The van der Waals surface area contributed by atoms with Gasteiger partial charge in [0.25, 0.3) is 5.69 Å². The highest BCUT2D eigenvalue weighted by molar-refractivity contribution is 7.89. The second kappa shape index (κ2) is 11.8. The van der Waals surface area contributed by atoms with Crippen LogP contribution in [0.2, 0.25) is 0 Å². The lowest BCUT2D eigenvalue weighted by molar-refractivity contribution is -0.384. The number of nitrogens with zero attached hydrogens (tertiary/aromatic N) is 1. The maximum Gasteiger partial charge on any atom is 0.322 e. The van der Waals surface area contributed by atoms with Gasteiger partial charge in [0, 0.05) is 18.6 Å². The number of carboxylic acid groups (broad SMARTS) is 1. The van der Waals surface area contributed by atoms with E-state index >= 15 is 0 Å². The van der Waals surface area contributed by atoms with Gasteiger partial charge in [0.05, 0.1) is 23.0 Å². The molecule has 0 heterocycles. The monoisotopic (exact) mass is 481 g/mol. The molecule has 0 amide bonds.